The molecule has 1 rings (SSSR count). The molecule has 0 fully saturated rings. The van der Waals surface area contributed by atoms with Gasteiger partial charge in [0, 0.05) is 11.0 Å². The van der Waals surface area contributed by atoms with Crippen LogP contribution in [0.25, 0.3) is 0 Å². The molecule has 0 amide bonds. The molecule has 0 saturated heterocycles. The average molecular weight is 348 g/mol. The molecule has 5 heteroatoms. The maximum absolute atomic E-state index is 13.6. The molecule has 2 N–H and O–H groups in total. The van der Waals surface area contributed by atoms with Crippen molar-refractivity contribution in [2.45, 2.75) is 39.4 Å². The Hall–Kier alpha value is -0.650. The summed E-state index contributed by atoms with van der Waals surface area (Å²) in [7, 11) is 0. The van der Waals surface area contributed by atoms with E-state index < -0.39 is 6.10 Å². The molecule has 1 aromatic rings. The van der Waals surface area contributed by atoms with Crippen LogP contribution in [0.2, 0.25) is 0 Å². The molecule has 0 radical (unpaired) electrons. The van der Waals surface area contributed by atoms with E-state index in [1.165, 1.54) is 6.07 Å². The van der Waals surface area contributed by atoms with Gasteiger partial charge in [0.05, 0.1) is 24.5 Å². The Bertz CT molecular complexity index is 395. The van der Waals surface area contributed by atoms with Crippen LogP contribution < -0.4 is 5.32 Å². The smallest absolute Gasteiger partial charge is 0.147 e. The summed E-state index contributed by atoms with van der Waals surface area (Å²) in [5, 5.41) is 12.7. The van der Waals surface area contributed by atoms with Gasteiger partial charge in [-0.05, 0) is 47.3 Å². The Morgan fingerprint density at radius 2 is 2.05 bits per heavy atom. The molecule has 2 atom stereocenters. The van der Waals surface area contributed by atoms with Crippen molar-refractivity contribution in [3.05, 3.63) is 28.5 Å². The van der Waals surface area contributed by atoms with Crippen molar-refractivity contribution in [3.8, 4) is 0 Å². The van der Waals surface area contributed by atoms with Crippen molar-refractivity contribution in [1.82, 2.24) is 0 Å². The fourth-order valence-corrected chi connectivity index (χ4v) is 2.43. The lowest BCUT2D eigenvalue weighted by Gasteiger charge is -2.19. The van der Waals surface area contributed by atoms with E-state index in [4.69, 9.17) is 4.74 Å². The second-order valence-corrected chi connectivity index (χ2v) is 6.26. The predicted molar refractivity (Wildman–Crippen MR) is 83.5 cm³/mol. The lowest BCUT2D eigenvalue weighted by molar-refractivity contribution is -0.00445. The van der Waals surface area contributed by atoms with Gasteiger partial charge in [0.15, 0.2) is 0 Å². The Labute approximate surface area is 128 Å². The third-order valence-corrected chi connectivity index (χ3v) is 3.51. The Morgan fingerprint density at radius 3 is 2.65 bits per heavy atom. The normalized spacial score (nSPS) is 14.3. The fourth-order valence-electron chi connectivity index (χ4n) is 1.95. The van der Waals surface area contributed by atoms with Crippen LogP contribution >= 0.6 is 15.9 Å². The number of hydrogen-bond donors (Lipinski definition) is 2. The molecule has 0 aliphatic carbocycles. The highest BCUT2D eigenvalue weighted by Crippen LogP contribution is 2.24. The summed E-state index contributed by atoms with van der Waals surface area (Å²) in [5.41, 5.74) is 0.363. The van der Waals surface area contributed by atoms with Crippen LogP contribution in [0.5, 0.6) is 0 Å². The van der Waals surface area contributed by atoms with E-state index in [9.17, 15) is 9.50 Å². The zero-order valence-electron chi connectivity index (χ0n) is 12.2. The van der Waals surface area contributed by atoms with Crippen LogP contribution in [0.3, 0.4) is 0 Å². The summed E-state index contributed by atoms with van der Waals surface area (Å²) >= 11 is 3.27. The first-order chi connectivity index (χ1) is 9.40. The summed E-state index contributed by atoms with van der Waals surface area (Å²) < 4.78 is 19.8. The summed E-state index contributed by atoms with van der Waals surface area (Å²) in [6, 6.07) is 4.75. The molecule has 1 aromatic carbocycles. The lowest BCUT2D eigenvalue weighted by atomic mass is 10.1. The third-order valence-electron chi connectivity index (χ3n) is 2.85. The molecule has 0 saturated carbocycles. The summed E-state index contributed by atoms with van der Waals surface area (Å²) in [6.45, 7) is 6.75. The molecule has 0 bridgehead atoms. The minimum atomic E-state index is -0.670. The van der Waals surface area contributed by atoms with E-state index in [0.29, 0.717) is 16.1 Å². The highest BCUT2D eigenvalue weighted by Gasteiger charge is 2.11. The van der Waals surface area contributed by atoms with E-state index in [2.05, 4.69) is 35.1 Å². The number of aliphatic hydroxyl groups excluding tert-OH is 1. The van der Waals surface area contributed by atoms with E-state index >= 15 is 0 Å². The summed E-state index contributed by atoms with van der Waals surface area (Å²) in [5.74, 6) is 0.218. The number of aliphatic hydroxyl groups is 1. The van der Waals surface area contributed by atoms with E-state index in [1.807, 2.05) is 6.92 Å². The third kappa shape index (κ3) is 6.20. The zero-order chi connectivity index (χ0) is 15.1. The molecule has 114 valence electrons. The lowest BCUT2D eigenvalue weighted by Crippen LogP contribution is -2.27. The minimum absolute atomic E-state index is 0.116. The van der Waals surface area contributed by atoms with Crippen LogP contribution in [-0.2, 0) is 4.74 Å². The quantitative estimate of drug-likeness (QED) is 0.751. The highest BCUT2D eigenvalue weighted by atomic mass is 79.9. The van der Waals surface area contributed by atoms with Crippen molar-refractivity contribution >= 4 is 21.6 Å². The average Bonchev–Trinajstić information content (AvgIpc) is 2.35. The van der Waals surface area contributed by atoms with Crippen LogP contribution in [-0.4, -0.2) is 30.5 Å². The molecule has 0 aliphatic rings. The monoisotopic (exact) mass is 347 g/mol. The molecule has 0 aromatic heterocycles. The van der Waals surface area contributed by atoms with Crippen LogP contribution in [0.15, 0.2) is 22.7 Å². The Balaban J connectivity index is 2.35. The van der Waals surface area contributed by atoms with Gasteiger partial charge in [-0.1, -0.05) is 19.9 Å². The number of halogens is 2. The van der Waals surface area contributed by atoms with Crippen molar-refractivity contribution in [2.24, 2.45) is 5.92 Å². The maximum atomic E-state index is 13.6. The van der Waals surface area contributed by atoms with E-state index in [0.717, 1.165) is 6.42 Å². The Morgan fingerprint density at radius 1 is 1.35 bits per heavy atom. The molecular weight excluding hydrogens is 325 g/mol. The second kappa shape index (κ2) is 8.60. The molecular formula is C15H23BrFNO2. The molecule has 3 nitrogen and oxygen atoms in total. The van der Waals surface area contributed by atoms with Gasteiger partial charge in [0.25, 0.3) is 0 Å². The van der Waals surface area contributed by atoms with Gasteiger partial charge < -0.3 is 15.2 Å². The van der Waals surface area contributed by atoms with Crippen molar-refractivity contribution in [2.75, 3.05) is 18.5 Å². The number of anilines is 1. The van der Waals surface area contributed by atoms with Crippen LogP contribution in [0, 0.1) is 11.7 Å². The highest BCUT2D eigenvalue weighted by molar-refractivity contribution is 9.10. The van der Waals surface area contributed by atoms with Crippen LogP contribution in [0.1, 0.15) is 27.2 Å². The predicted octanol–water partition coefficient (Wildman–Crippen LogP) is 3.81. The maximum Gasteiger partial charge on any atom is 0.147 e. The summed E-state index contributed by atoms with van der Waals surface area (Å²) in [6.07, 6.45) is 0.403. The Kier molecular flexibility index (Phi) is 7.48. The first-order valence-electron chi connectivity index (χ1n) is 6.87. The number of rotatable bonds is 8. The van der Waals surface area contributed by atoms with Gasteiger partial charge >= 0.3 is 0 Å². The number of para-hydroxylation sites is 1. The number of hydrogen-bond acceptors (Lipinski definition) is 3. The molecule has 0 aliphatic heterocycles. The first-order valence-corrected chi connectivity index (χ1v) is 7.67. The molecule has 2 unspecified atom stereocenters. The van der Waals surface area contributed by atoms with Gasteiger partial charge in [-0.25, -0.2) is 4.39 Å². The van der Waals surface area contributed by atoms with Gasteiger partial charge in [-0.15, -0.1) is 0 Å². The number of benzene rings is 1. The second-order valence-electron chi connectivity index (χ2n) is 5.40. The van der Waals surface area contributed by atoms with Gasteiger partial charge in [-0.3, -0.25) is 0 Å². The standard InChI is InChI=1S/C15H23BrFNO2/c1-10(2)7-11(3)20-9-12(19)8-18-15-13(16)5-4-6-14(15)17/h4-6,10-12,18-19H,7-9H2,1-3H3. The van der Waals surface area contributed by atoms with Gasteiger partial charge in [0.2, 0.25) is 0 Å². The van der Waals surface area contributed by atoms with E-state index in [1.54, 1.807) is 12.1 Å². The SMILES string of the molecule is CC(C)CC(C)OCC(O)CNc1c(F)cccc1Br. The van der Waals surface area contributed by atoms with Gasteiger partial charge in [0.1, 0.15) is 5.82 Å². The first kappa shape index (κ1) is 17.4. The molecule has 0 spiro atoms. The van der Waals surface area contributed by atoms with Crippen molar-refractivity contribution in [1.29, 1.82) is 0 Å². The topological polar surface area (TPSA) is 41.5 Å². The largest absolute Gasteiger partial charge is 0.389 e. The summed E-state index contributed by atoms with van der Waals surface area (Å²) in [4.78, 5) is 0. The molecule has 0 heterocycles. The zero-order valence-corrected chi connectivity index (χ0v) is 13.8. The van der Waals surface area contributed by atoms with Crippen molar-refractivity contribution in [3.63, 3.8) is 0 Å². The van der Waals surface area contributed by atoms with E-state index in [-0.39, 0.29) is 25.1 Å². The fraction of sp³-hybridized carbons (Fsp3) is 0.600. The van der Waals surface area contributed by atoms with Crippen LogP contribution in [0.4, 0.5) is 10.1 Å². The van der Waals surface area contributed by atoms with Crippen molar-refractivity contribution < 1.29 is 14.2 Å². The molecule has 20 heavy (non-hydrogen) atoms. The minimum Gasteiger partial charge on any atom is -0.389 e. The number of nitrogens with one attached hydrogen (secondary N) is 1. The van der Waals surface area contributed by atoms with Gasteiger partial charge in [-0.2, -0.15) is 0 Å². The number of ether oxygens (including phenoxy) is 1.